The SMILES string of the molecule is CC1=C(C(=O)Nc2cccc(Cl)c2Cl)C(c2cccc(Cl)c2)NC(=O)N1. The van der Waals surface area contributed by atoms with Crippen molar-refractivity contribution in [2.75, 3.05) is 5.32 Å². The Hall–Kier alpha value is -2.21. The summed E-state index contributed by atoms with van der Waals surface area (Å²) in [6, 6.07) is 10.9. The number of amides is 3. The summed E-state index contributed by atoms with van der Waals surface area (Å²) in [5.41, 5.74) is 1.86. The van der Waals surface area contributed by atoms with Crippen LogP contribution in [-0.2, 0) is 4.79 Å². The van der Waals surface area contributed by atoms with E-state index < -0.39 is 18.0 Å². The van der Waals surface area contributed by atoms with Crippen molar-refractivity contribution in [3.05, 3.63) is 74.4 Å². The first-order valence-electron chi connectivity index (χ1n) is 7.66. The average Bonchev–Trinajstić information content (AvgIpc) is 2.58. The Morgan fingerprint density at radius 2 is 1.85 bits per heavy atom. The Morgan fingerprint density at radius 1 is 1.12 bits per heavy atom. The molecule has 0 aliphatic carbocycles. The fourth-order valence-electron chi connectivity index (χ4n) is 2.72. The quantitative estimate of drug-likeness (QED) is 0.672. The molecule has 3 rings (SSSR count). The molecule has 26 heavy (non-hydrogen) atoms. The highest BCUT2D eigenvalue weighted by Crippen LogP contribution is 2.32. The molecular weight excluding hydrogens is 397 g/mol. The van der Waals surface area contributed by atoms with Gasteiger partial charge in [-0.3, -0.25) is 4.79 Å². The number of halogens is 3. The monoisotopic (exact) mass is 409 g/mol. The van der Waals surface area contributed by atoms with Crippen LogP contribution >= 0.6 is 34.8 Å². The van der Waals surface area contributed by atoms with Crippen molar-refractivity contribution < 1.29 is 9.59 Å². The van der Waals surface area contributed by atoms with E-state index in [1.165, 1.54) is 0 Å². The van der Waals surface area contributed by atoms with Gasteiger partial charge in [-0.15, -0.1) is 0 Å². The number of allylic oxidation sites excluding steroid dienone is 1. The lowest BCUT2D eigenvalue weighted by molar-refractivity contribution is -0.113. The molecule has 0 saturated heterocycles. The van der Waals surface area contributed by atoms with Gasteiger partial charge in [0.15, 0.2) is 0 Å². The van der Waals surface area contributed by atoms with Crippen LogP contribution in [0.4, 0.5) is 10.5 Å². The van der Waals surface area contributed by atoms with Crippen molar-refractivity contribution in [3.63, 3.8) is 0 Å². The Labute approximate surface area is 165 Å². The maximum Gasteiger partial charge on any atom is 0.319 e. The topological polar surface area (TPSA) is 70.2 Å². The van der Waals surface area contributed by atoms with Crippen LogP contribution in [0.2, 0.25) is 15.1 Å². The predicted molar refractivity (Wildman–Crippen MR) is 104 cm³/mol. The maximum absolute atomic E-state index is 12.9. The van der Waals surface area contributed by atoms with Gasteiger partial charge in [-0.05, 0) is 36.8 Å². The first kappa shape index (κ1) is 18.6. The van der Waals surface area contributed by atoms with Crippen LogP contribution < -0.4 is 16.0 Å². The van der Waals surface area contributed by atoms with Gasteiger partial charge < -0.3 is 16.0 Å². The number of carbonyl (C=O) groups is 2. The second kappa shape index (κ2) is 7.58. The molecule has 1 heterocycles. The maximum atomic E-state index is 12.9. The highest BCUT2D eigenvalue weighted by Gasteiger charge is 2.31. The van der Waals surface area contributed by atoms with E-state index in [0.717, 1.165) is 0 Å². The zero-order chi connectivity index (χ0) is 18.8. The highest BCUT2D eigenvalue weighted by molar-refractivity contribution is 6.44. The van der Waals surface area contributed by atoms with Crippen molar-refractivity contribution in [3.8, 4) is 0 Å². The molecule has 0 spiro atoms. The van der Waals surface area contributed by atoms with E-state index >= 15 is 0 Å². The Morgan fingerprint density at radius 3 is 2.58 bits per heavy atom. The van der Waals surface area contributed by atoms with E-state index in [1.807, 2.05) is 0 Å². The van der Waals surface area contributed by atoms with Crippen LogP contribution in [0.25, 0.3) is 0 Å². The molecule has 0 radical (unpaired) electrons. The minimum atomic E-state index is -0.652. The van der Waals surface area contributed by atoms with E-state index in [2.05, 4.69) is 16.0 Å². The summed E-state index contributed by atoms with van der Waals surface area (Å²) < 4.78 is 0. The van der Waals surface area contributed by atoms with Crippen LogP contribution in [0.3, 0.4) is 0 Å². The number of hydrogen-bond donors (Lipinski definition) is 3. The summed E-state index contributed by atoms with van der Waals surface area (Å²) in [5.74, 6) is -0.413. The van der Waals surface area contributed by atoms with E-state index in [4.69, 9.17) is 34.8 Å². The van der Waals surface area contributed by atoms with Gasteiger partial charge in [0.2, 0.25) is 0 Å². The van der Waals surface area contributed by atoms with E-state index in [-0.39, 0.29) is 5.02 Å². The summed E-state index contributed by atoms with van der Waals surface area (Å²) >= 11 is 18.2. The fourth-order valence-corrected chi connectivity index (χ4v) is 3.27. The van der Waals surface area contributed by atoms with Gasteiger partial charge in [0, 0.05) is 10.7 Å². The van der Waals surface area contributed by atoms with Crippen LogP contribution in [0.1, 0.15) is 18.5 Å². The summed E-state index contributed by atoms with van der Waals surface area (Å²) in [7, 11) is 0. The number of nitrogens with one attached hydrogen (secondary N) is 3. The Bertz CT molecular complexity index is 928. The molecule has 0 bridgehead atoms. The third-order valence-electron chi connectivity index (χ3n) is 3.90. The highest BCUT2D eigenvalue weighted by atomic mass is 35.5. The number of rotatable bonds is 3. The Balaban J connectivity index is 1.98. The molecule has 134 valence electrons. The van der Waals surface area contributed by atoms with Gasteiger partial charge in [-0.25, -0.2) is 4.79 Å². The second-order valence-electron chi connectivity index (χ2n) is 5.68. The van der Waals surface area contributed by atoms with Crippen LogP contribution in [0.15, 0.2) is 53.7 Å². The molecule has 1 aliphatic rings. The van der Waals surface area contributed by atoms with Gasteiger partial charge in [-0.1, -0.05) is 53.0 Å². The summed E-state index contributed by atoms with van der Waals surface area (Å²) in [6.07, 6.45) is 0. The van der Waals surface area contributed by atoms with Gasteiger partial charge >= 0.3 is 6.03 Å². The normalized spacial score (nSPS) is 16.8. The van der Waals surface area contributed by atoms with Crippen molar-refractivity contribution >= 4 is 52.4 Å². The van der Waals surface area contributed by atoms with Gasteiger partial charge in [0.25, 0.3) is 5.91 Å². The van der Waals surface area contributed by atoms with Gasteiger partial charge in [0.1, 0.15) is 0 Å². The van der Waals surface area contributed by atoms with Gasteiger partial charge in [-0.2, -0.15) is 0 Å². The first-order chi connectivity index (χ1) is 12.4. The van der Waals surface area contributed by atoms with Crippen molar-refractivity contribution in [1.29, 1.82) is 0 Å². The van der Waals surface area contributed by atoms with Gasteiger partial charge in [0.05, 0.1) is 27.3 Å². The Kier molecular flexibility index (Phi) is 5.41. The number of hydrogen-bond acceptors (Lipinski definition) is 2. The van der Waals surface area contributed by atoms with Crippen LogP contribution in [0.5, 0.6) is 0 Å². The molecule has 2 aromatic carbocycles. The smallest absolute Gasteiger partial charge is 0.319 e. The molecule has 1 atom stereocenters. The zero-order valence-corrected chi connectivity index (χ0v) is 15.8. The molecule has 3 N–H and O–H groups in total. The number of anilines is 1. The lowest BCUT2D eigenvalue weighted by Gasteiger charge is -2.29. The molecular formula is C18H14Cl3N3O2. The summed E-state index contributed by atoms with van der Waals surface area (Å²) in [5, 5.41) is 9.18. The second-order valence-corrected chi connectivity index (χ2v) is 6.90. The molecule has 0 saturated carbocycles. The lowest BCUT2D eigenvalue weighted by atomic mass is 9.95. The third kappa shape index (κ3) is 3.80. The molecule has 1 aliphatic heterocycles. The molecule has 2 aromatic rings. The average molecular weight is 411 g/mol. The van der Waals surface area contributed by atoms with Crippen LogP contribution in [-0.4, -0.2) is 11.9 Å². The molecule has 3 amide bonds. The van der Waals surface area contributed by atoms with E-state index in [0.29, 0.717) is 32.6 Å². The third-order valence-corrected chi connectivity index (χ3v) is 4.95. The first-order valence-corrected chi connectivity index (χ1v) is 8.79. The standard InChI is InChI=1S/C18H14Cl3N3O2/c1-9-14(17(25)23-13-7-3-6-12(20)15(13)21)16(24-18(26)22-9)10-4-2-5-11(19)8-10/h2-8,16H,1H3,(H,23,25)(H2,22,24,26). The van der Waals surface area contributed by atoms with Crippen molar-refractivity contribution in [2.24, 2.45) is 0 Å². The minimum absolute atomic E-state index is 0.243. The molecule has 0 fully saturated rings. The van der Waals surface area contributed by atoms with Crippen LogP contribution in [0, 0.1) is 0 Å². The number of benzene rings is 2. The van der Waals surface area contributed by atoms with E-state index in [1.54, 1.807) is 49.4 Å². The van der Waals surface area contributed by atoms with Crippen molar-refractivity contribution in [2.45, 2.75) is 13.0 Å². The predicted octanol–water partition coefficient (Wildman–Crippen LogP) is 4.91. The summed E-state index contributed by atoms with van der Waals surface area (Å²) in [4.78, 5) is 24.8. The van der Waals surface area contributed by atoms with Crippen molar-refractivity contribution in [1.82, 2.24) is 10.6 Å². The zero-order valence-electron chi connectivity index (χ0n) is 13.6. The molecule has 0 aromatic heterocycles. The lowest BCUT2D eigenvalue weighted by Crippen LogP contribution is -2.46. The number of carbonyl (C=O) groups excluding carboxylic acids is 2. The fraction of sp³-hybridized carbons (Fsp3) is 0.111. The molecule has 8 heteroatoms. The molecule has 5 nitrogen and oxygen atoms in total. The minimum Gasteiger partial charge on any atom is -0.327 e. The summed E-state index contributed by atoms with van der Waals surface area (Å²) in [6.45, 7) is 1.66. The number of urea groups is 1. The largest absolute Gasteiger partial charge is 0.327 e. The van der Waals surface area contributed by atoms with E-state index in [9.17, 15) is 9.59 Å². The molecule has 1 unspecified atom stereocenters.